The predicted molar refractivity (Wildman–Crippen MR) is 53.8 cm³/mol. The molecule has 0 aromatic carbocycles. The van der Waals surface area contributed by atoms with E-state index in [4.69, 9.17) is 5.11 Å². The maximum Gasteiger partial charge on any atom is 0.322 e. The number of nitrogens with one attached hydrogen (secondary N) is 2. The molecular weight excluding hydrogens is 170 g/mol. The molecule has 80 valence electrons. The molecule has 0 aromatic heterocycles. The average molecular weight is 191 g/mol. The number of carboxylic acid groups (broad SMARTS) is 1. The van der Waals surface area contributed by atoms with E-state index in [9.17, 15) is 4.79 Å². The van der Waals surface area contributed by atoms with E-state index in [1.54, 1.807) is 0 Å². The molecule has 1 unspecified atom stereocenters. The van der Waals surface area contributed by atoms with Crippen molar-refractivity contribution in [2.45, 2.75) is 19.9 Å². The molecule has 1 rings (SSSR count). The predicted octanol–water partition coefficient (Wildman–Crippen LogP) is -0.766. The second kappa shape index (κ2) is 11.4. The van der Waals surface area contributed by atoms with Crippen molar-refractivity contribution in [2.24, 2.45) is 5.73 Å². The van der Waals surface area contributed by atoms with Gasteiger partial charge in [0.05, 0.1) is 0 Å². The lowest BCUT2D eigenvalue weighted by Gasteiger charge is -2.20. The van der Waals surface area contributed by atoms with Crippen molar-refractivity contribution in [2.75, 3.05) is 26.7 Å². The minimum absolute atomic E-state index is 0.390. The molecule has 0 spiro atoms. The Balaban J connectivity index is 0. The third-order valence-electron chi connectivity index (χ3n) is 1.34. The number of rotatable bonds is 1. The van der Waals surface area contributed by atoms with Crippen LogP contribution in [0.4, 0.5) is 0 Å². The molecule has 5 heteroatoms. The van der Waals surface area contributed by atoms with E-state index in [2.05, 4.69) is 16.4 Å². The Bertz CT molecular complexity index is 114. The summed E-state index contributed by atoms with van der Waals surface area (Å²) in [6, 6.07) is -0.390. The number of piperazine rings is 1. The minimum atomic E-state index is -0.776. The van der Waals surface area contributed by atoms with Crippen LogP contribution in [-0.4, -0.2) is 43.8 Å². The van der Waals surface area contributed by atoms with Crippen LogP contribution in [0.2, 0.25) is 0 Å². The van der Waals surface area contributed by atoms with Crippen molar-refractivity contribution < 1.29 is 9.90 Å². The number of hydrogen-bond donors (Lipinski definition) is 4. The van der Waals surface area contributed by atoms with Crippen molar-refractivity contribution in [3.63, 3.8) is 0 Å². The zero-order valence-electron chi connectivity index (χ0n) is 8.63. The van der Waals surface area contributed by atoms with Crippen LogP contribution >= 0.6 is 0 Å². The summed E-state index contributed by atoms with van der Waals surface area (Å²) >= 11 is 0. The molecule has 1 aliphatic rings. The first-order valence-electron chi connectivity index (χ1n) is 4.55. The highest BCUT2D eigenvalue weighted by molar-refractivity contribution is 5.73. The molecule has 0 saturated carbocycles. The Kier molecular flexibility index (Phi) is 13.0. The second-order valence-electron chi connectivity index (χ2n) is 2.05. The van der Waals surface area contributed by atoms with Gasteiger partial charge in [-0.1, -0.05) is 13.8 Å². The Morgan fingerprint density at radius 2 is 1.92 bits per heavy atom. The number of hydrogen-bond acceptors (Lipinski definition) is 4. The van der Waals surface area contributed by atoms with E-state index < -0.39 is 12.0 Å². The SMILES string of the molecule is CC.CN.O=C(O)C1CNCCN1. The summed E-state index contributed by atoms with van der Waals surface area (Å²) in [7, 11) is 1.50. The Hall–Kier alpha value is -0.650. The summed E-state index contributed by atoms with van der Waals surface area (Å²) in [5, 5.41) is 14.3. The lowest BCUT2D eigenvalue weighted by molar-refractivity contribution is -0.139. The molecule has 0 radical (unpaired) electrons. The van der Waals surface area contributed by atoms with Gasteiger partial charge in [-0.15, -0.1) is 0 Å². The lowest BCUT2D eigenvalue weighted by Crippen LogP contribution is -2.52. The molecule has 1 fully saturated rings. The molecule has 0 bridgehead atoms. The van der Waals surface area contributed by atoms with Crippen molar-refractivity contribution >= 4 is 5.97 Å². The van der Waals surface area contributed by atoms with Gasteiger partial charge in [0, 0.05) is 19.6 Å². The van der Waals surface area contributed by atoms with Crippen LogP contribution in [-0.2, 0) is 4.79 Å². The summed E-state index contributed by atoms with van der Waals surface area (Å²) in [5.74, 6) is -0.776. The highest BCUT2D eigenvalue weighted by atomic mass is 16.4. The highest BCUT2D eigenvalue weighted by Crippen LogP contribution is 1.84. The van der Waals surface area contributed by atoms with Crippen LogP contribution in [0.3, 0.4) is 0 Å². The molecule has 0 aliphatic carbocycles. The Morgan fingerprint density at radius 1 is 1.38 bits per heavy atom. The van der Waals surface area contributed by atoms with Crippen LogP contribution in [0.1, 0.15) is 13.8 Å². The Labute approximate surface area is 79.7 Å². The molecular formula is C8H21N3O2. The smallest absolute Gasteiger partial charge is 0.322 e. The molecule has 1 heterocycles. The molecule has 0 aromatic rings. The van der Waals surface area contributed by atoms with E-state index in [1.807, 2.05) is 13.8 Å². The maximum atomic E-state index is 10.3. The highest BCUT2D eigenvalue weighted by Gasteiger charge is 2.18. The van der Waals surface area contributed by atoms with E-state index in [0.717, 1.165) is 13.1 Å². The molecule has 5 nitrogen and oxygen atoms in total. The van der Waals surface area contributed by atoms with Gasteiger partial charge >= 0.3 is 5.97 Å². The van der Waals surface area contributed by atoms with Crippen molar-refractivity contribution in [1.82, 2.24) is 10.6 Å². The first-order valence-corrected chi connectivity index (χ1v) is 4.55. The van der Waals surface area contributed by atoms with Gasteiger partial charge < -0.3 is 21.5 Å². The fourth-order valence-corrected chi connectivity index (χ4v) is 0.828. The molecule has 1 atom stereocenters. The van der Waals surface area contributed by atoms with E-state index in [-0.39, 0.29) is 0 Å². The number of carboxylic acids is 1. The number of carbonyl (C=O) groups is 1. The average Bonchev–Trinajstić information content (AvgIpc) is 2.25. The topological polar surface area (TPSA) is 87.4 Å². The van der Waals surface area contributed by atoms with Crippen molar-refractivity contribution in [3.8, 4) is 0 Å². The van der Waals surface area contributed by atoms with Crippen LogP contribution in [0, 0.1) is 0 Å². The van der Waals surface area contributed by atoms with E-state index in [0.29, 0.717) is 6.54 Å². The largest absolute Gasteiger partial charge is 0.480 e. The van der Waals surface area contributed by atoms with Crippen LogP contribution < -0.4 is 16.4 Å². The van der Waals surface area contributed by atoms with Gasteiger partial charge in [-0.2, -0.15) is 0 Å². The second-order valence-corrected chi connectivity index (χ2v) is 2.05. The van der Waals surface area contributed by atoms with Crippen LogP contribution in [0.25, 0.3) is 0 Å². The third kappa shape index (κ3) is 7.70. The summed E-state index contributed by atoms with van der Waals surface area (Å²) in [5.41, 5.74) is 4.50. The lowest BCUT2D eigenvalue weighted by atomic mass is 10.2. The summed E-state index contributed by atoms with van der Waals surface area (Å²) in [6.45, 7) is 6.15. The molecule has 5 N–H and O–H groups in total. The molecule has 13 heavy (non-hydrogen) atoms. The van der Waals surface area contributed by atoms with Crippen molar-refractivity contribution in [1.29, 1.82) is 0 Å². The fourth-order valence-electron chi connectivity index (χ4n) is 0.828. The van der Waals surface area contributed by atoms with Gasteiger partial charge in [-0.3, -0.25) is 4.79 Å². The molecule has 0 amide bonds. The third-order valence-corrected chi connectivity index (χ3v) is 1.34. The zero-order chi connectivity index (χ0) is 10.7. The fraction of sp³-hybridized carbons (Fsp3) is 0.875. The quantitative estimate of drug-likeness (QED) is 0.437. The normalized spacial score (nSPS) is 20.2. The van der Waals surface area contributed by atoms with Gasteiger partial charge in [-0.25, -0.2) is 0 Å². The van der Waals surface area contributed by atoms with Gasteiger partial charge in [0.25, 0.3) is 0 Å². The van der Waals surface area contributed by atoms with E-state index >= 15 is 0 Å². The van der Waals surface area contributed by atoms with Crippen molar-refractivity contribution in [3.05, 3.63) is 0 Å². The monoisotopic (exact) mass is 191 g/mol. The standard InChI is InChI=1S/C5H10N2O2.C2H6.CH5N/c8-5(9)4-3-6-1-2-7-4;2*1-2/h4,6-7H,1-3H2,(H,8,9);1-2H3;2H2,1H3. The Morgan fingerprint density at radius 3 is 2.15 bits per heavy atom. The number of aliphatic carboxylic acids is 1. The summed E-state index contributed by atoms with van der Waals surface area (Å²) < 4.78 is 0. The first kappa shape index (κ1) is 14.9. The van der Waals surface area contributed by atoms with Crippen LogP contribution in [0.5, 0.6) is 0 Å². The number of nitrogens with two attached hydrogens (primary N) is 1. The minimum Gasteiger partial charge on any atom is -0.480 e. The summed E-state index contributed by atoms with van der Waals surface area (Å²) in [4.78, 5) is 10.3. The van der Waals surface area contributed by atoms with Crippen LogP contribution in [0.15, 0.2) is 0 Å². The zero-order valence-corrected chi connectivity index (χ0v) is 8.63. The van der Waals surface area contributed by atoms with Gasteiger partial charge in [0.2, 0.25) is 0 Å². The first-order chi connectivity index (χ1) is 6.30. The van der Waals surface area contributed by atoms with Gasteiger partial charge in [0.1, 0.15) is 6.04 Å². The molecule has 1 aliphatic heterocycles. The summed E-state index contributed by atoms with van der Waals surface area (Å²) in [6.07, 6.45) is 0. The maximum absolute atomic E-state index is 10.3. The van der Waals surface area contributed by atoms with Gasteiger partial charge in [0.15, 0.2) is 0 Å². The van der Waals surface area contributed by atoms with E-state index in [1.165, 1.54) is 7.05 Å². The molecule has 1 saturated heterocycles. The van der Waals surface area contributed by atoms with Gasteiger partial charge in [-0.05, 0) is 7.05 Å².